The SMILES string of the molecule is CC=CC#CC#CC#CC1(C)C(Cl)C1COC(C)=O. The van der Waals surface area contributed by atoms with Gasteiger partial charge in [-0.05, 0) is 43.6 Å². The molecule has 0 aliphatic heterocycles. The van der Waals surface area contributed by atoms with Gasteiger partial charge in [0.05, 0.1) is 17.4 Å². The second-order valence-corrected chi connectivity index (χ2v) is 4.83. The van der Waals surface area contributed by atoms with Crippen LogP contribution in [0.25, 0.3) is 0 Å². The number of alkyl halides is 1. The monoisotopic (exact) mass is 274 g/mol. The molecule has 0 aromatic carbocycles. The van der Waals surface area contributed by atoms with E-state index in [2.05, 4.69) is 35.5 Å². The Bertz CT molecular complexity index is 557. The minimum Gasteiger partial charge on any atom is -0.465 e. The van der Waals surface area contributed by atoms with E-state index in [0.29, 0.717) is 6.61 Å². The molecule has 1 aliphatic rings. The summed E-state index contributed by atoms with van der Waals surface area (Å²) in [6, 6.07) is 0. The third-order valence-corrected chi connectivity index (χ3v) is 3.65. The summed E-state index contributed by atoms with van der Waals surface area (Å²) >= 11 is 6.14. The highest BCUT2D eigenvalue weighted by Crippen LogP contribution is 2.55. The van der Waals surface area contributed by atoms with Gasteiger partial charge >= 0.3 is 5.97 Å². The molecule has 0 heterocycles. The number of allylic oxidation sites excluding steroid dienone is 2. The van der Waals surface area contributed by atoms with Crippen LogP contribution in [0.1, 0.15) is 20.8 Å². The summed E-state index contributed by atoms with van der Waals surface area (Å²) in [5.41, 5.74) is -0.331. The largest absolute Gasteiger partial charge is 0.465 e. The lowest BCUT2D eigenvalue weighted by Gasteiger charge is -2.01. The summed E-state index contributed by atoms with van der Waals surface area (Å²) in [6.07, 6.45) is 3.55. The van der Waals surface area contributed by atoms with E-state index in [0.717, 1.165) is 0 Å². The highest BCUT2D eigenvalue weighted by Gasteiger charge is 2.60. The van der Waals surface area contributed by atoms with Crippen molar-refractivity contribution in [1.29, 1.82) is 0 Å². The van der Waals surface area contributed by atoms with E-state index in [1.54, 1.807) is 6.08 Å². The molecule has 0 radical (unpaired) electrons. The molecule has 3 heteroatoms. The first-order valence-electron chi connectivity index (χ1n) is 5.93. The van der Waals surface area contributed by atoms with E-state index in [9.17, 15) is 4.79 Å². The molecule has 1 rings (SSSR count). The van der Waals surface area contributed by atoms with Crippen molar-refractivity contribution in [1.82, 2.24) is 0 Å². The van der Waals surface area contributed by atoms with Crippen molar-refractivity contribution in [3.8, 4) is 35.5 Å². The van der Waals surface area contributed by atoms with Crippen LogP contribution in [0.2, 0.25) is 0 Å². The molecule has 19 heavy (non-hydrogen) atoms. The third kappa shape index (κ3) is 4.40. The second-order valence-electron chi connectivity index (χ2n) is 4.36. The van der Waals surface area contributed by atoms with Crippen molar-refractivity contribution < 1.29 is 9.53 Å². The molecule has 1 fully saturated rings. The van der Waals surface area contributed by atoms with E-state index in [4.69, 9.17) is 16.3 Å². The summed E-state index contributed by atoms with van der Waals surface area (Å²) in [7, 11) is 0. The van der Waals surface area contributed by atoms with Crippen molar-refractivity contribution in [2.24, 2.45) is 11.3 Å². The fourth-order valence-electron chi connectivity index (χ4n) is 1.56. The maximum absolute atomic E-state index is 10.7. The van der Waals surface area contributed by atoms with Crippen molar-refractivity contribution in [2.45, 2.75) is 26.1 Å². The van der Waals surface area contributed by atoms with Gasteiger partial charge in [-0.2, -0.15) is 0 Å². The first-order chi connectivity index (χ1) is 9.02. The second kappa shape index (κ2) is 6.94. The quantitative estimate of drug-likeness (QED) is 0.439. The Morgan fingerprint density at radius 3 is 2.68 bits per heavy atom. The average molecular weight is 275 g/mol. The van der Waals surface area contributed by atoms with Gasteiger partial charge in [0.1, 0.15) is 0 Å². The van der Waals surface area contributed by atoms with Gasteiger partial charge in [-0.1, -0.05) is 17.9 Å². The average Bonchev–Trinajstić information content (AvgIpc) is 2.87. The number of hydrogen-bond donors (Lipinski definition) is 0. The van der Waals surface area contributed by atoms with Crippen LogP contribution in [-0.2, 0) is 9.53 Å². The molecule has 3 unspecified atom stereocenters. The van der Waals surface area contributed by atoms with Crippen LogP contribution in [0.5, 0.6) is 0 Å². The van der Waals surface area contributed by atoms with Gasteiger partial charge in [-0.3, -0.25) is 4.79 Å². The summed E-state index contributed by atoms with van der Waals surface area (Å²) in [5.74, 6) is 16.2. The molecule has 0 aromatic rings. The molecule has 0 saturated heterocycles. The van der Waals surface area contributed by atoms with Gasteiger partial charge in [0, 0.05) is 12.8 Å². The number of rotatable bonds is 2. The molecule has 2 nitrogen and oxygen atoms in total. The van der Waals surface area contributed by atoms with Crippen LogP contribution >= 0.6 is 11.6 Å². The maximum atomic E-state index is 10.7. The molecule has 0 bridgehead atoms. The molecular weight excluding hydrogens is 260 g/mol. The molecule has 0 spiro atoms. The number of carbonyl (C=O) groups is 1. The zero-order valence-electron chi connectivity index (χ0n) is 11.2. The lowest BCUT2D eigenvalue weighted by atomic mass is 10.1. The van der Waals surface area contributed by atoms with Crippen LogP contribution in [0.3, 0.4) is 0 Å². The van der Waals surface area contributed by atoms with Gasteiger partial charge in [0.25, 0.3) is 0 Å². The highest BCUT2D eigenvalue weighted by atomic mass is 35.5. The molecule has 1 saturated carbocycles. The first-order valence-corrected chi connectivity index (χ1v) is 6.37. The molecule has 3 atom stereocenters. The normalized spacial score (nSPS) is 27.2. The number of halogens is 1. The van der Waals surface area contributed by atoms with E-state index in [1.807, 2.05) is 19.9 Å². The van der Waals surface area contributed by atoms with Crippen LogP contribution in [0.15, 0.2) is 12.2 Å². The van der Waals surface area contributed by atoms with Crippen LogP contribution in [-0.4, -0.2) is 18.0 Å². The Kier molecular flexibility index (Phi) is 5.57. The van der Waals surface area contributed by atoms with Gasteiger partial charge < -0.3 is 4.74 Å². The smallest absolute Gasteiger partial charge is 0.302 e. The Hall–Kier alpha value is -1.82. The predicted octanol–water partition coefficient (Wildman–Crippen LogP) is 2.38. The predicted molar refractivity (Wildman–Crippen MR) is 76.0 cm³/mol. The van der Waals surface area contributed by atoms with Crippen LogP contribution in [0.4, 0.5) is 0 Å². The van der Waals surface area contributed by atoms with Crippen molar-refractivity contribution in [2.75, 3.05) is 6.61 Å². The molecule has 0 aromatic heterocycles. The summed E-state index contributed by atoms with van der Waals surface area (Å²) in [6.45, 7) is 5.52. The van der Waals surface area contributed by atoms with Crippen LogP contribution in [0, 0.1) is 46.9 Å². The summed E-state index contributed by atoms with van der Waals surface area (Å²) < 4.78 is 4.95. The molecule has 0 amide bonds. The van der Waals surface area contributed by atoms with Gasteiger partial charge in [-0.15, -0.1) is 11.6 Å². The number of ether oxygens (including phenoxy) is 1. The highest BCUT2D eigenvalue weighted by molar-refractivity contribution is 6.24. The lowest BCUT2D eigenvalue weighted by Crippen LogP contribution is -2.06. The van der Waals surface area contributed by atoms with E-state index < -0.39 is 0 Å². The molecule has 0 N–H and O–H groups in total. The fraction of sp³-hybridized carbons (Fsp3) is 0.438. The first kappa shape index (κ1) is 15.2. The standard InChI is InChI=1S/C16H15ClO2/c1-4-5-6-7-8-9-10-11-16(3)14(15(16)17)12-19-13(2)18/h4-5,14-15H,12H2,1-3H3. The van der Waals surface area contributed by atoms with Crippen molar-refractivity contribution >= 4 is 17.6 Å². The Labute approximate surface area is 119 Å². The lowest BCUT2D eigenvalue weighted by molar-refractivity contribution is -0.141. The number of esters is 1. The summed E-state index contributed by atoms with van der Waals surface area (Å²) in [5, 5.41) is -0.102. The van der Waals surface area contributed by atoms with Gasteiger partial charge in [0.15, 0.2) is 0 Å². The zero-order valence-corrected chi connectivity index (χ0v) is 12.0. The van der Waals surface area contributed by atoms with E-state index in [-0.39, 0.29) is 22.7 Å². The maximum Gasteiger partial charge on any atom is 0.302 e. The van der Waals surface area contributed by atoms with Crippen molar-refractivity contribution in [3.63, 3.8) is 0 Å². The molecular formula is C16H15ClO2. The van der Waals surface area contributed by atoms with Gasteiger partial charge in [0.2, 0.25) is 0 Å². The number of hydrogen-bond acceptors (Lipinski definition) is 2. The Morgan fingerprint density at radius 2 is 2.05 bits per heavy atom. The molecule has 1 aliphatic carbocycles. The zero-order chi connectivity index (χ0) is 14.3. The topological polar surface area (TPSA) is 26.3 Å². The molecule has 98 valence electrons. The minimum absolute atomic E-state index is 0.0708. The van der Waals surface area contributed by atoms with Crippen LogP contribution < -0.4 is 0 Å². The van der Waals surface area contributed by atoms with E-state index >= 15 is 0 Å². The van der Waals surface area contributed by atoms with E-state index in [1.165, 1.54) is 6.92 Å². The minimum atomic E-state index is -0.331. The Balaban J connectivity index is 2.54. The van der Waals surface area contributed by atoms with Gasteiger partial charge in [-0.25, -0.2) is 0 Å². The number of carbonyl (C=O) groups excluding carboxylic acids is 1. The Morgan fingerprint density at radius 1 is 1.37 bits per heavy atom. The fourth-order valence-corrected chi connectivity index (χ4v) is 2.04. The summed E-state index contributed by atoms with van der Waals surface area (Å²) in [4.78, 5) is 10.7. The third-order valence-electron chi connectivity index (χ3n) is 2.89. The van der Waals surface area contributed by atoms with Crippen molar-refractivity contribution in [3.05, 3.63) is 12.2 Å².